The number of nitrogens with one attached hydrogen (secondary N) is 1. The minimum atomic E-state index is -0.0401. The van der Waals surface area contributed by atoms with Gasteiger partial charge in [-0.05, 0) is 47.0 Å². The van der Waals surface area contributed by atoms with Crippen LogP contribution in [0.1, 0.15) is 32.1 Å². The molecule has 1 aromatic rings. The molecule has 0 aliphatic heterocycles. The van der Waals surface area contributed by atoms with Crippen LogP contribution in [-0.4, -0.2) is 18.6 Å². The van der Waals surface area contributed by atoms with E-state index in [1.807, 2.05) is 18.2 Å². The van der Waals surface area contributed by atoms with Crippen LogP contribution in [0.4, 0.5) is 0 Å². The van der Waals surface area contributed by atoms with Crippen molar-refractivity contribution < 1.29 is 9.53 Å². The van der Waals surface area contributed by atoms with Crippen molar-refractivity contribution in [3.8, 4) is 5.75 Å². The lowest BCUT2D eigenvalue weighted by Crippen LogP contribution is -2.38. The molecule has 0 saturated heterocycles. The highest BCUT2D eigenvalue weighted by molar-refractivity contribution is 9.11. The molecule has 1 fully saturated rings. The first-order valence-corrected chi connectivity index (χ1v) is 8.11. The zero-order valence-corrected chi connectivity index (χ0v) is 13.8. The lowest BCUT2D eigenvalue weighted by Gasteiger charge is -2.22. The van der Waals surface area contributed by atoms with Gasteiger partial charge in [-0.2, -0.15) is 0 Å². The molecule has 1 N–H and O–H groups in total. The molecule has 0 unspecified atom stereocenters. The number of carbonyl (C=O) groups is 1. The summed E-state index contributed by atoms with van der Waals surface area (Å²) >= 11 is 6.79. The van der Waals surface area contributed by atoms with Crippen LogP contribution < -0.4 is 10.1 Å². The minimum absolute atomic E-state index is 0.0401. The molecule has 0 heterocycles. The summed E-state index contributed by atoms with van der Waals surface area (Å²) in [5, 5.41) is 3.03. The van der Waals surface area contributed by atoms with Crippen LogP contribution in [0.25, 0.3) is 0 Å². The SMILES string of the molecule is O=C(COc1ccc(Br)cc1Br)NC1CCCCC1. The first kappa shape index (κ1) is 14.9. The van der Waals surface area contributed by atoms with Gasteiger partial charge in [0.2, 0.25) is 0 Å². The van der Waals surface area contributed by atoms with Crippen molar-refractivity contribution in [2.45, 2.75) is 38.1 Å². The molecule has 1 aromatic carbocycles. The van der Waals surface area contributed by atoms with E-state index >= 15 is 0 Å². The normalized spacial score (nSPS) is 16.1. The number of amides is 1. The number of carbonyl (C=O) groups excluding carboxylic acids is 1. The fraction of sp³-hybridized carbons (Fsp3) is 0.500. The van der Waals surface area contributed by atoms with Crippen LogP contribution in [0, 0.1) is 0 Å². The number of benzene rings is 1. The van der Waals surface area contributed by atoms with Crippen molar-refractivity contribution in [2.24, 2.45) is 0 Å². The Balaban J connectivity index is 1.79. The van der Waals surface area contributed by atoms with E-state index in [1.165, 1.54) is 19.3 Å². The highest BCUT2D eigenvalue weighted by Gasteiger charge is 2.16. The fourth-order valence-electron chi connectivity index (χ4n) is 2.25. The maximum absolute atomic E-state index is 11.8. The lowest BCUT2D eigenvalue weighted by atomic mass is 9.95. The van der Waals surface area contributed by atoms with Crippen molar-refractivity contribution in [1.82, 2.24) is 5.32 Å². The van der Waals surface area contributed by atoms with Crippen molar-refractivity contribution in [3.05, 3.63) is 27.1 Å². The van der Waals surface area contributed by atoms with E-state index in [-0.39, 0.29) is 12.5 Å². The molecule has 0 bridgehead atoms. The Kier molecular flexibility index (Phi) is 5.70. The summed E-state index contributed by atoms with van der Waals surface area (Å²) in [4.78, 5) is 11.8. The van der Waals surface area contributed by atoms with E-state index in [2.05, 4.69) is 37.2 Å². The van der Waals surface area contributed by atoms with E-state index < -0.39 is 0 Å². The van der Waals surface area contributed by atoms with Gasteiger partial charge in [-0.15, -0.1) is 0 Å². The zero-order valence-electron chi connectivity index (χ0n) is 10.6. The average molecular weight is 391 g/mol. The first-order chi connectivity index (χ1) is 9.15. The molecule has 1 aliphatic carbocycles. The third-order valence-corrected chi connectivity index (χ3v) is 4.34. The standard InChI is InChI=1S/C14H17Br2NO2/c15-10-6-7-13(12(16)8-10)19-9-14(18)17-11-4-2-1-3-5-11/h6-8,11H,1-5,9H2,(H,17,18). The fourth-order valence-corrected chi connectivity index (χ4v) is 3.41. The summed E-state index contributed by atoms with van der Waals surface area (Å²) in [7, 11) is 0. The van der Waals surface area contributed by atoms with Crippen LogP contribution in [0.15, 0.2) is 27.1 Å². The van der Waals surface area contributed by atoms with E-state index in [9.17, 15) is 4.79 Å². The topological polar surface area (TPSA) is 38.3 Å². The van der Waals surface area contributed by atoms with Crippen molar-refractivity contribution in [2.75, 3.05) is 6.61 Å². The molecule has 5 heteroatoms. The maximum Gasteiger partial charge on any atom is 0.258 e. The molecule has 1 amide bonds. The number of ether oxygens (including phenoxy) is 1. The maximum atomic E-state index is 11.8. The largest absolute Gasteiger partial charge is 0.483 e. The van der Waals surface area contributed by atoms with Crippen molar-refractivity contribution in [1.29, 1.82) is 0 Å². The summed E-state index contributed by atoms with van der Waals surface area (Å²) in [6.07, 6.45) is 5.89. The molecule has 2 rings (SSSR count). The average Bonchev–Trinajstić information content (AvgIpc) is 2.39. The Morgan fingerprint density at radius 2 is 2.00 bits per heavy atom. The molecular formula is C14H17Br2NO2. The monoisotopic (exact) mass is 389 g/mol. The van der Waals surface area contributed by atoms with E-state index in [4.69, 9.17) is 4.74 Å². The second kappa shape index (κ2) is 7.29. The molecule has 0 spiro atoms. The van der Waals surface area contributed by atoms with Crippen LogP contribution >= 0.6 is 31.9 Å². The summed E-state index contributed by atoms with van der Waals surface area (Å²) in [5.41, 5.74) is 0. The van der Waals surface area contributed by atoms with Gasteiger partial charge in [-0.3, -0.25) is 4.79 Å². The Morgan fingerprint density at radius 3 is 2.68 bits per heavy atom. The lowest BCUT2D eigenvalue weighted by molar-refractivity contribution is -0.124. The Morgan fingerprint density at radius 1 is 1.26 bits per heavy atom. The van der Waals surface area contributed by atoms with Gasteiger partial charge in [-0.1, -0.05) is 35.2 Å². The Hall–Kier alpha value is -0.550. The third-order valence-electron chi connectivity index (χ3n) is 3.22. The Labute approximate surface area is 130 Å². The van der Waals surface area contributed by atoms with Gasteiger partial charge >= 0.3 is 0 Å². The first-order valence-electron chi connectivity index (χ1n) is 6.52. The van der Waals surface area contributed by atoms with Crippen LogP contribution in [0.3, 0.4) is 0 Å². The molecule has 0 aromatic heterocycles. The molecule has 0 atom stereocenters. The highest BCUT2D eigenvalue weighted by atomic mass is 79.9. The predicted molar refractivity (Wildman–Crippen MR) is 82.4 cm³/mol. The van der Waals surface area contributed by atoms with Gasteiger partial charge in [0, 0.05) is 10.5 Å². The molecule has 1 saturated carbocycles. The Bertz CT molecular complexity index is 445. The number of rotatable bonds is 4. The van der Waals surface area contributed by atoms with E-state index in [0.29, 0.717) is 11.8 Å². The molecule has 0 radical (unpaired) electrons. The van der Waals surface area contributed by atoms with E-state index in [1.54, 1.807) is 0 Å². The molecular weight excluding hydrogens is 374 g/mol. The van der Waals surface area contributed by atoms with Gasteiger partial charge < -0.3 is 10.1 Å². The second-order valence-corrected chi connectivity index (χ2v) is 6.54. The van der Waals surface area contributed by atoms with Gasteiger partial charge in [0.05, 0.1) is 4.47 Å². The number of hydrogen-bond donors (Lipinski definition) is 1. The quantitative estimate of drug-likeness (QED) is 0.842. The highest BCUT2D eigenvalue weighted by Crippen LogP contribution is 2.28. The van der Waals surface area contributed by atoms with Crippen molar-refractivity contribution >= 4 is 37.8 Å². The van der Waals surface area contributed by atoms with Gasteiger partial charge in [0.15, 0.2) is 6.61 Å². The summed E-state index contributed by atoms with van der Waals surface area (Å²) in [5.74, 6) is 0.642. The summed E-state index contributed by atoms with van der Waals surface area (Å²) in [6.45, 7) is 0.0662. The third kappa shape index (κ3) is 4.80. The van der Waals surface area contributed by atoms with Crippen LogP contribution in [0.5, 0.6) is 5.75 Å². The van der Waals surface area contributed by atoms with Crippen molar-refractivity contribution in [3.63, 3.8) is 0 Å². The van der Waals surface area contributed by atoms with Gasteiger partial charge in [0.1, 0.15) is 5.75 Å². The smallest absolute Gasteiger partial charge is 0.258 e. The predicted octanol–water partition coefficient (Wildman–Crippen LogP) is 4.04. The molecule has 19 heavy (non-hydrogen) atoms. The van der Waals surface area contributed by atoms with Crippen LogP contribution in [0.2, 0.25) is 0 Å². The minimum Gasteiger partial charge on any atom is -0.483 e. The number of hydrogen-bond acceptors (Lipinski definition) is 2. The molecule has 3 nitrogen and oxygen atoms in total. The second-order valence-electron chi connectivity index (χ2n) is 4.77. The zero-order chi connectivity index (χ0) is 13.7. The molecule has 104 valence electrons. The van der Waals surface area contributed by atoms with Crippen LogP contribution in [-0.2, 0) is 4.79 Å². The number of halogens is 2. The molecule has 1 aliphatic rings. The van der Waals surface area contributed by atoms with E-state index in [0.717, 1.165) is 21.8 Å². The van der Waals surface area contributed by atoms with Gasteiger partial charge in [0.25, 0.3) is 5.91 Å². The van der Waals surface area contributed by atoms with Gasteiger partial charge in [-0.25, -0.2) is 0 Å². The summed E-state index contributed by atoms with van der Waals surface area (Å²) < 4.78 is 7.33. The summed E-state index contributed by atoms with van der Waals surface area (Å²) in [6, 6.07) is 5.95.